The highest BCUT2D eigenvalue weighted by Gasteiger charge is 2.31. The summed E-state index contributed by atoms with van der Waals surface area (Å²) in [7, 11) is -7.56. The number of ketones is 1. The summed E-state index contributed by atoms with van der Waals surface area (Å²) < 4.78 is 98.6. The second-order valence-electron chi connectivity index (χ2n) is 31.1. The molecule has 0 aromatic carbocycles. The third-order valence-electron chi connectivity index (χ3n) is 17.7. The molecule has 0 heterocycles. The maximum absolute atomic E-state index is 11.9. The van der Waals surface area contributed by atoms with Crippen LogP contribution in [-0.4, -0.2) is 213 Å². The number of nitrogens with one attached hydrogen (secondary N) is 4. The molecule has 37 nitrogen and oxygen atoms in total. The van der Waals surface area contributed by atoms with Gasteiger partial charge in [-0.25, -0.2) is 27.1 Å². The lowest BCUT2D eigenvalue weighted by Crippen LogP contribution is -2.55. The first-order chi connectivity index (χ1) is 52.5. The van der Waals surface area contributed by atoms with Crippen molar-refractivity contribution in [1.29, 1.82) is 0 Å². The van der Waals surface area contributed by atoms with E-state index in [1.165, 1.54) is 0 Å². The standard InChI is InChI=1S/C17H29NO4.C15H32N2O4S.2C9H18O3.2C8H18N2O.C8H17O6P.2HO4P.2H2/c1-6-17(4,5)16(21)18-11-7-9-14(19)10-8-12-22-15(20)13(2)3;1-6-15(2,3)14(18)16-10-9-12-17(4,5)11-7-8-13-22(19,20)21;2*1-5-9(2,3)8(10)12-7-6-11-4;2*1-4-8(2,3)7(11)10-6-5-9;1-4-8(2,3)7(9)13-5-6-14-15(10,11)12;2*1-4-5(2)3;;/h2,6-12H2,1,3-5H3,(H,18,21);6-13H2,1-5H3,(H-,16,18,19,20,21);2*5-7H2,1-4H3;2*4-6,9H2,1-3H3,(H,10,11);4-6H2,1-3H3,(H2,10,11,12);2*1H;2*1H. The van der Waals surface area contributed by atoms with Crippen molar-refractivity contribution in [2.24, 2.45) is 37.9 Å². The predicted molar refractivity (Wildman–Crippen MR) is 432 cm³/mol. The molecule has 41 heteroatoms. The van der Waals surface area contributed by atoms with Crippen LogP contribution in [0.4, 0.5) is 0 Å². The second-order valence-corrected chi connectivity index (χ2v) is 35.0. The Labute approximate surface area is 692 Å². The van der Waals surface area contributed by atoms with E-state index in [1.807, 2.05) is 132 Å². The SMILES string of the molecule is C=C(C)C(=O)OCCCC(=O)CCCNC(=O)C(C)(C)CC.CCC(C)(C)C(=O)NCCC[N+](C)(C)CCCCS(=O)(=O)[O-].CCC(C)(C)C(=O)NCC[NH3+].CCC(C)(C)C(=O)NCC[NH3+].CCC(C)(C)C(=O)OCCOC.CCC(C)(C)C(=O)OCCOC.CCC(C)(C)C(=O)OCCOP(=O)(O)O.O=[P+]([O-])O[O-].O=[P+]([O-])O[O-].[HH].[HH]. The molecule has 2 unspecified atom stereocenters. The van der Waals surface area contributed by atoms with Crippen LogP contribution in [0.1, 0.15) is 245 Å². The summed E-state index contributed by atoms with van der Waals surface area (Å²) in [6.45, 7) is 52.5. The van der Waals surface area contributed by atoms with Crippen LogP contribution in [0, 0.1) is 37.9 Å². The number of methoxy groups -OCH3 is 2. The van der Waals surface area contributed by atoms with Crippen LogP contribution >= 0.6 is 24.3 Å². The van der Waals surface area contributed by atoms with E-state index in [-0.39, 0.29) is 102 Å². The normalized spacial score (nSPS) is 11.7. The van der Waals surface area contributed by atoms with Crippen molar-refractivity contribution in [2.75, 3.05) is 133 Å². The largest absolute Gasteiger partial charge is 0.748 e. The van der Waals surface area contributed by atoms with Gasteiger partial charge in [-0.1, -0.05) is 110 Å². The van der Waals surface area contributed by atoms with Gasteiger partial charge in [0.25, 0.3) is 0 Å². The number of phosphoric ester groups is 1. The number of esters is 4. The Bertz CT molecular complexity index is 2810. The van der Waals surface area contributed by atoms with E-state index in [4.69, 9.17) is 67.6 Å². The quantitative estimate of drug-likeness (QED) is 0.00454. The number of amides is 4. The molecular formula is C74H156N7O30P3S. The van der Waals surface area contributed by atoms with E-state index < -0.39 is 51.8 Å². The highest BCUT2D eigenvalue weighted by molar-refractivity contribution is 7.85. The molecule has 0 radical (unpaired) electrons. The molecule has 0 fully saturated rings. The summed E-state index contributed by atoms with van der Waals surface area (Å²) in [6, 6.07) is 0. The molecule has 0 rings (SSSR count). The maximum atomic E-state index is 11.9. The average molecular weight is 1750 g/mol. The number of unbranched alkanes of at least 4 members (excludes halogenated alkanes) is 1. The van der Waals surface area contributed by atoms with Crippen LogP contribution in [0.3, 0.4) is 0 Å². The number of nitrogens with zero attached hydrogens (tertiary/aromatic N) is 1. The van der Waals surface area contributed by atoms with Gasteiger partial charge in [0.15, 0.2) is 0 Å². The lowest BCUT2D eigenvalue weighted by atomic mass is 9.89. The molecule has 12 N–H and O–H groups in total. The molecule has 688 valence electrons. The summed E-state index contributed by atoms with van der Waals surface area (Å²) in [5.74, 6) is -0.926. The van der Waals surface area contributed by atoms with Gasteiger partial charge in [0, 0.05) is 82.4 Å². The third-order valence-corrected chi connectivity index (χ3v) is 19.3. The minimum atomic E-state index is -4.46. The Hall–Kier alpha value is -5.05. The molecule has 2 atom stereocenters. The fourth-order valence-corrected chi connectivity index (χ4v) is 7.43. The van der Waals surface area contributed by atoms with Crippen molar-refractivity contribution in [3.05, 3.63) is 12.2 Å². The molecule has 0 aliphatic carbocycles. The number of carbonyl (C=O) groups is 9. The highest BCUT2D eigenvalue weighted by Crippen LogP contribution is 2.35. The number of Topliss-reactive ketones (excluding diaryl/α,β-unsaturated/α-hetero) is 1. The number of rotatable bonds is 48. The Balaban J connectivity index is -0.000000124. The summed E-state index contributed by atoms with van der Waals surface area (Å²) in [4.78, 5) is 137. The Kier molecular flexibility index (Phi) is 78.8. The minimum Gasteiger partial charge on any atom is -0.748 e. The van der Waals surface area contributed by atoms with E-state index in [2.05, 4.69) is 67.3 Å². The smallest absolute Gasteiger partial charge is 0.479 e. The van der Waals surface area contributed by atoms with Gasteiger partial charge in [-0.3, -0.25) is 42.9 Å². The number of hydrogen-bond acceptors (Lipinski definition) is 28. The van der Waals surface area contributed by atoms with Crippen LogP contribution in [0.5, 0.6) is 0 Å². The van der Waals surface area contributed by atoms with Crippen LogP contribution in [0.15, 0.2) is 12.2 Å². The molecule has 0 spiro atoms. The molecule has 4 amide bonds. The molecule has 0 aromatic heterocycles. The Morgan fingerprint density at radius 3 is 1.01 bits per heavy atom. The fourth-order valence-electron chi connectivity index (χ4n) is 6.56. The van der Waals surface area contributed by atoms with E-state index >= 15 is 0 Å². The van der Waals surface area contributed by atoms with Crippen LogP contribution < -0.4 is 53.0 Å². The van der Waals surface area contributed by atoms with Gasteiger partial charge in [-0.15, -0.1) is 0 Å². The molecule has 0 saturated heterocycles. The number of ether oxygens (including phenoxy) is 6. The van der Waals surface area contributed by atoms with Crippen LogP contribution in [0.25, 0.3) is 0 Å². The van der Waals surface area contributed by atoms with Gasteiger partial charge in [0.2, 0.25) is 23.6 Å². The van der Waals surface area contributed by atoms with Crippen molar-refractivity contribution in [3.63, 3.8) is 0 Å². The Morgan fingerprint density at radius 2 is 0.748 bits per heavy atom. The van der Waals surface area contributed by atoms with Gasteiger partial charge in [0.05, 0.1) is 106 Å². The first-order valence-corrected chi connectivity index (χ1v) is 43.7. The van der Waals surface area contributed by atoms with Gasteiger partial charge in [-0.2, -0.15) is 0 Å². The molecule has 0 aliphatic rings. The topological polar surface area (TPSA) is 581 Å². The number of phosphoric acid groups is 1. The van der Waals surface area contributed by atoms with E-state index in [0.717, 1.165) is 75.6 Å². The molecule has 0 aromatic rings. The summed E-state index contributed by atoms with van der Waals surface area (Å²) in [5.41, 5.74) is 5.20. The van der Waals surface area contributed by atoms with Crippen molar-refractivity contribution in [3.8, 4) is 0 Å². The summed E-state index contributed by atoms with van der Waals surface area (Å²) >= 11 is 0. The zero-order valence-corrected chi connectivity index (χ0v) is 77.9. The van der Waals surface area contributed by atoms with Gasteiger partial charge in [-0.05, 0) is 128 Å². The van der Waals surface area contributed by atoms with Crippen molar-refractivity contribution in [2.45, 2.75) is 242 Å². The monoisotopic (exact) mass is 1750 g/mol. The lowest BCUT2D eigenvalue weighted by Gasteiger charge is -2.30. The Morgan fingerprint density at radius 1 is 0.470 bits per heavy atom. The van der Waals surface area contributed by atoms with E-state index in [0.29, 0.717) is 103 Å². The third kappa shape index (κ3) is 82.4. The summed E-state index contributed by atoms with van der Waals surface area (Å²) in [6.07, 6.45) is 9.51. The number of quaternary nitrogens is 3. The van der Waals surface area contributed by atoms with Crippen LogP contribution in [-0.2, 0) is 109 Å². The van der Waals surface area contributed by atoms with Crippen molar-refractivity contribution in [1.82, 2.24) is 21.3 Å². The predicted octanol–water partition coefficient (Wildman–Crippen LogP) is 5.06. The molecule has 0 aliphatic heterocycles. The van der Waals surface area contributed by atoms with E-state index in [9.17, 15) is 60.7 Å². The molecular weight excluding hydrogens is 1590 g/mol. The lowest BCUT2D eigenvalue weighted by molar-refractivity contribution is -0.890. The average Bonchev–Trinajstić information content (AvgIpc) is 0.936. The summed E-state index contributed by atoms with van der Waals surface area (Å²) in [5, 5.41) is 28.5. The molecule has 0 bridgehead atoms. The van der Waals surface area contributed by atoms with Gasteiger partial charge < -0.3 is 100 Å². The van der Waals surface area contributed by atoms with Gasteiger partial charge >= 0.3 is 48.2 Å². The van der Waals surface area contributed by atoms with E-state index in [1.54, 1.807) is 35.0 Å². The first-order valence-electron chi connectivity index (χ1n) is 38.4. The highest BCUT2D eigenvalue weighted by atomic mass is 32.2. The van der Waals surface area contributed by atoms with Crippen molar-refractivity contribution < 1.29 is 161 Å². The zero-order chi connectivity index (χ0) is 92.3. The van der Waals surface area contributed by atoms with Crippen LogP contribution in [0.2, 0.25) is 0 Å². The molecule has 115 heavy (non-hydrogen) atoms. The molecule has 0 saturated carbocycles. The first kappa shape index (κ1) is 128. The minimum absolute atomic E-state index is 0. The van der Waals surface area contributed by atoms with Gasteiger partial charge in [0.1, 0.15) is 25.6 Å². The fraction of sp³-hybridized carbons (Fsp3) is 0.851. The number of carbonyl (C=O) groups excluding carboxylic acids is 9. The number of hydrogen-bond donors (Lipinski definition) is 8. The maximum Gasteiger partial charge on any atom is 0.479 e. The second kappa shape index (κ2) is 70.8. The van der Waals surface area contributed by atoms with Crippen molar-refractivity contribution >= 4 is 87.7 Å². The zero-order valence-electron chi connectivity index (χ0n) is 74.4.